The van der Waals surface area contributed by atoms with Crippen LogP contribution < -0.4 is 4.31 Å². The number of halogens is 1. The number of anilines is 1. The quantitative estimate of drug-likeness (QED) is 0.781. The maximum absolute atomic E-state index is 13.2. The van der Waals surface area contributed by atoms with Gasteiger partial charge in [-0.2, -0.15) is 12.7 Å². The summed E-state index contributed by atoms with van der Waals surface area (Å²) in [6.45, 7) is 0.878. The third-order valence-corrected chi connectivity index (χ3v) is 4.93. The third kappa shape index (κ3) is 2.93. The normalized spacial score (nSPS) is 19.3. The lowest BCUT2D eigenvalue weighted by Gasteiger charge is -2.35. The van der Waals surface area contributed by atoms with Crippen LogP contribution in [0.15, 0.2) is 24.3 Å². The Hall–Kier alpha value is -1.47. The van der Waals surface area contributed by atoms with Gasteiger partial charge in [0.05, 0.1) is 5.69 Å². The minimum absolute atomic E-state index is 0.163. The molecule has 5 nitrogen and oxygen atoms in total. The Bertz CT molecular complexity index is 562. The highest BCUT2D eigenvalue weighted by Gasteiger charge is 2.33. The Labute approximate surface area is 111 Å². The standard InChI is InChI=1S/C12H15FN2O3S/c13-11-4-1-5-12(10-11)15-8-2-6-14(7-3-9-16)19(15,17)18/h1,4-5,9-10H,2-3,6-8H2. The first-order chi connectivity index (χ1) is 9.05. The van der Waals surface area contributed by atoms with E-state index in [9.17, 15) is 17.6 Å². The third-order valence-electron chi connectivity index (χ3n) is 2.97. The number of hydrogen-bond donors (Lipinski definition) is 0. The fraction of sp³-hybridized carbons (Fsp3) is 0.417. The average Bonchev–Trinajstić information content (AvgIpc) is 2.37. The Morgan fingerprint density at radius 1 is 1.32 bits per heavy atom. The van der Waals surface area contributed by atoms with Crippen molar-refractivity contribution in [2.45, 2.75) is 12.8 Å². The molecule has 2 rings (SSSR count). The predicted molar refractivity (Wildman–Crippen MR) is 69.5 cm³/mol. The maximum Gasteiger partial charge on any atom is 0.304 e. The zero-order valence-corrected chi connectivity index (χ0v) is 11.1. The second kappa shape index (κ2) is 5.66. The topological polar surface area (TPSA) is 57.7 Å². The van der Waals surface area contributed by atoms with Crippen LogP contribution in [0.3, 0.4) is 0 Å². The SMILES string of the molecule is O=CCCN1CCCN(c2cccc(F)c2)S1(=O)=O. The molecule has 0 unspecified atom stereocenters. The molecule has 0 saturated carbocycles. The number of benzene rings is 1. The Morgan fingerprint density at radius 3 is 2.79 bits per heavy atom. The monoisotopic (exact) mass is 286 g/mol. The number of nitrogens with zero attached hydrogens (tertiary/aromatic N) is 2. The zero-order valence-electron chi connectivity index (χ0n) is 10.3. The van der Waals surface area contributed by atoms with Crippen LogP contribution in [0.25, 0.3) is 0 Å². The molecule has 0 N–H and O–H groups in total. The van der Waals surface area contributed by atoms with E-state index in [0.29, 0.717) is 31.5 Å². The van der Waals surface area contributed by atoms with Gasteiger partial charge in [-0.15, -0.1) is 0 Å². The summed E-state index contributed by atoms with van der Waals surface area (Å²) in [4.78, 5) is 10.4. The van der Waals surface area contributed by atoms with E-state index >= 15 is 0 Å². The van der Waals surface area contributed by atoms with Gasteiger partial charge in [-0.3, -0.25) is 4.31 Å². The number of carbonyl (C=O) groups is 1. The summed E-state index contributed by atoms with van der Waals surface area (Å²) in [5, 5.41) is 0. The van der Waals surface area contributed by atoms with E-state index in [4.69, 9.17) is 0 Å². The molecular weight excluding hydrogens is 271 g/mol. The molecule has 1 aliphatic heterocycles. The van der Waals surface area contributed by atoms with E-state index < -0.39 is 16.0 Å². The van der Waals surface area contributed by atoms with Gasteiger partial charge in [0, 0.05) is 26.1 Å². The Balaban J connectivity index is 2.28. The van der Waals surface area contributed by atoms with Crippen molar-refractivity contribution < 1.29 is 17.6 Å². The van der Waals surface area contributed by atoms with Crippen molar-refractivity contribution in [1.29, 1.82) is 0 Å². The highest BCUT2D eigenvalue weighted by Crippen LogP contribution is 2.25. The first-order valence-corrected chi connectivity index (χ1v) is 7.42. The van der Waals surface area contributed by atoms with Gasteiger partial charge in [0.2, 0.25) is 0 Å². The minimum Gasteiger partial charge on any atom is -0.303 e. The first kappa shape index (κ1) is 14.0. The number of hydrogen-bond acceptors (Lipinski definition) is 3. The first-order valence-electron chi connectivity index (χ1n) is 6.03. The second-order valence-corrected chi connectivity index (χ2v) is 6.12. The number of aldehydes is 1. The molecule has 19 heavy (non-hydrogen) atoms. The second-order valence-electron chi connectivity index (χ2n) is 4.27. The van der Waals surface area contributed by atoms with Crippen LogP contribution in [0.1, 0.15) is 12.8 Å². The molecule has 7 heteroatoms. The molecule has 1 fully saturated rings. The highest BCUT2D eigenvalue weighted by molar-refractivity contribution is 7.90. The van der Waals surface area contributed by atoms with Crippen molar-refractivity contribution in [2.75, 3.05) is 23.9 Å². The molecule has 1 saturated heterocycles. The van der Waals surface area contributed by atoms with Gasteiger partial charge in [-0.1, -0.05) is 6.07 Å². The summed E-state index contributed by atoms with van der Waals surface area (Å²) in [5.74, 6) is -0.474. The predicted octanol–water partition coefficient (Wildman–Crippen LogP) is 1.17. The van der Waals surface area contributed by atoms with Crippen LogP contribution >= 0.6 is 0 Å². The van der Waals surface area contributed by atoms with Crippen molar-refractivity contribution >= 4 is 22.2 Å². The fourth-order valence-corrected chi connectivity index (χ4v) is 3.79. The van der Waals surface area contributed by atoms with Gasteiger partial charge in [0.15, 0.2) is 0 Å². The van der Waals surface area contributed by atoms with Gasteiger partial charge in [0.25, 0.3) is 0 Å². The molecule has 0 aliphatic carbocycles. The summed E-state index contributed by atoms with van der Waals surface area (Å²) in [5.41, 5.74) is 0.316. The lowest BCUT2D eigenvalue weighted by Crippen LogP contribution is -2.50. The van der Waals surface area contributed by atoms with E-state index in [0.717, 1.165) is 0 Å². The summed E-state index contributed by atoms with van der Waals surface area (Å²) in [7, 11) is -3.67. The van der Waals surface area contributed by atoms with Crippen molar-refractivity contribution in [3.63, 3.8) is 0 Å². The zero-order chi connectivity index (χ0) is 13.9. The summed E-state index contributed by atoms with van der Waals surface area (Å²) in [6, 6.07) is 5.50. The van der Waals surface area contributed by atoms with Crippen molar-refractivity contribution in [2.24, 2.45) is 0 Å². The Morgan fingerprint density at radius 2 is 2.11 bits per heavy atom. The summed E-state index contributed by atoms with van der Waals surface area (Å²) in [6.07, 6.45) is 1.50. The molecular formula is C12H15FN2O3S. The van der Waals surface area contributed by atoms with Gasteiger partial charge in [-0.05, 0) is 24.6 Å². The van der Waals surface area contributed by atoms with Crippen molar-refractivity contribution in [3.8, 4) is 0 Å². The molecule has 0 spiro atoms. The molecule has 1 aromatic carbocycles. The smallest absolute Gasteiger partial charge is 0.303 e. The van der Waals surface area contributed by atoms with E-state index in [2.05, 4.69) is 0 Å². The Kier molecular flexibility index (Phi) is 4.16. The van der Waals surface area contributed by atoms with Gasteiger partial charge >= 0.3 is 10.2 Å². The van der Waals surface area contributed by atoms with Crippen LogP contribution in [0, 0.1) is 5.82 Å². The van der Waals surface area contributed by atoms with Crippen LogP contribution in [0.2, 0.25) is 0 Å². The lowest BCUT2D eigenvalue weighted by atomic mass is 10.3. The summed E-state index contributed by atoms with van der Waals surface area (Å²) < 4.78 is 40.3. The fourth-order valence-electron chi connectivity index (χ4n) is 2.08. The average molecular weight is 286 g/mol. The van der Waals surface area contributed by atoms with Crippen LogP contribution in [-0.2, 0) is 15.0 Å². The van der Waals surface area contributed by atoms with Crippen LogP contribution in [-0.4, -0.2) is 38.6 Å². The molecule has 0 amide bonds. The minimum atomic E-state index is -3.67. The molecule has 104 valence electrons. The molecule has 1 aromatic rings. The molecule has 0 radical (unpaired) electrons. The van der Waals surface area contributed by atoms with Crippen molar-refractivity contribution in [3.05, 3.63) is 30.1 Å². The largest absolute Gasteiger partial charge is 0.304 e. The van der Waals surface area contributed by atoms with E-state index in [-0.39, 0.29) is 13.0 Å². The molecule has 0 atom stereocenters. The van der Waals surface area contributed by atoms with E-state index in [1.165, 1.54) is 26.8 Å². The van der Waals surface area contributed by atoms with E-state index in [1.54, 1.807) is 6.07 Å². The summed E-state index contributed by atoms with van der Waals surface area (Å²) >= 11 is 0. The highest BCUT2D eigenvalue weighted by atomic mass is 32.2. The number of carbonyl (C=O) groups excluding carboxylic acids is 1. The molecule has 1 aliphatic rings. The van der Waals surface area contributed by atoms with Gasteiger partial charge < -0.3 is 4.79 Å². The van der Waals surface area contributed by atoms with Gasteiger partial charge in [0.1, 0.15) is 12.1 Å². The van der Waals surface area contributed by atoms with Crippen LogP contribution in [0.5, 0.6) is 0 Å². The maximum atomic E-state index is 13.2. The molecule has 0 bridgehead atoms. The number of rotatable bonds is 4. The molecule has 0 aromatic heterocycles. The van der Waals surface area contributed by atoms with Crippen LogP contribution in [0.4, 0.5) is 10.1 Å². The van der Waals surface area contributed by atoms with Crippen molar-refractivity contribution in [1.82, 2.24) is 4.31 Å². The molecule has 1 heterocycles. The lowest BCUT2D eigenvalue weighted by molar-refractivity contribution is -0.107. The van der Waals surface area contributed by atoms with E-state index in [1.807, 2.05) is 0 Å². The van der Waals surface area contributed by atoms with Gasteiger partial charge in [-0.25, -0.2) is 4.39 Å².